The van der Waals surface area contributed by atoms with Crippen molar-refractivity contribution in [1.82, 2.24) is 0 Å². The van der Waals surface area contributed by atoms with Gasteiger partial charge in [0.05, 0.1) is 18.6 Å². The van der Waals surface area contributed by atoms with Crippen molar-refractivity contribution in [1.29, 1.82) is 0 Å². The molecule has 3 aromatic rings. The zero-order chi connectivity index (χ0) is 21.5. The van der Waals surface area contributed by atoms with Gasteiger partial charge in [-0.3, -0.25) is 4.79 Å². The lowest BCUT2D eigenvalue weighted by Crippen LogP contribution is -2.34. The zero-order valence-electron chi connectivity index (χ0n) is 17.1. The van der Waals surface area contributed by atoms with E-state index >= 15 is 0 Å². The maximum atomic E-state index is 12.6. The van der Waals surface area contributed by atoms with Gasteiger partial charge in [-0.05, 0) is 24.3 Å². The van der Waals surface area contributed by atoms with Crippen LogP contribution in [0, 0.1) is 0 Å². The van der Waals surface area contributed by atoms with Crippen LogP contribution in [-0.2, 0) is 4.79 Å². The third kappa shape index (κ3) is 5.13. The maximum Gasteiger partial charge on any atom is 0.234 e. The van der Waals surface area contributed by atoms with Gasteiger partial charge in [0.15, 0.2) is 11.0 Å². The molecule has 1 aliphatic rings. The highest BCUT2D eigenvalue weighted by atomic mass is 32.2. The number of hydrogen-bond acceptors (Lipinski definition) is 6. The molecule has 4 rings (SSSR count). The van der Waals surface area contributed by atoms with Crippen molar-refractivity contribution in [2.45, 2.75) is 0 Å². The van der Waals surface area contributed by atoms with Gasteiger partial charge in [0.2, 0.25) is 5.91 Å². The van der Waals surface area contributed by atoms with Gasteiger partial charge >= 0.3 is 0 Å². The molecular formula is C24H22N4O2S. The van der Waals surface area contributed by atoms with E-state index in [1.165, 1.54) is 11.8 Å². The number of rotatable bonds is 6. The summed E-state index contributed by atoms with van der Waals surface area (Å²) in [4.78, 5) is 24.1. The number of nitrogens with zero attached hydrogens (tertiary/aromatic N) is 3. The molecule has 1 N–H and O–H groups in total. The first-order chi connectivity index (χ1) is 15.2. The van der Waals surface area contributed by atoms with E-state index in [2.05, 4.69) is 10.3 Å². The van der Waals surface area contributed by atoms with Crippen LogP contribution in [0.4, 0.5) is 11.4 Å². The minimum Gasteiger partial charge on any atom is -0.495 e. The van der Waals surface area contributed by atoms with E-state index in [0.717, 1.165) is 16.4 Å². The van der Waals surface area contributed by atoms with Crippen molar-refractivity contribution in [2.75, 3.05) is 29.7 Å². The third-order valence-corrected chi connectivity index (χ3v) is 5.58. The molecule has 1 heterocycles. The molecule has 7 heteroatoms. The summed E-state index contributed by atoms with van der Waals surface area (Å²) < 4.78 is 5.31. The Labute approximate surface area is 185 Å². The number of benzene rings is 3. The smallest absolute Gasteiger partial charge is 0.234 e. The fraction of sp³-hybridized carbons (Fsp3) is 0.125. The molecule has 1 aliphatic heterocycles. The molecule has 0 saturated heterocycles. The molecule has 0 unspecified atom stereocenters. The summed E-state index contributed by atoms with van der Waals surface area (Å²) in [6.45, 7) is 0.439. The maximum absolute atomic E-state index is 12.6. The van der Waals surface area contributed by atoms with Gasteiger partial charge in [-0.15, -0.1) is 0 Å². The van der Waals surface area contributed by atoms with E-state index in [4.69, 9.17) is 9.73 Å². The first-order valence-corrected chi connectivity index (χ1v) is 10.8. The molecule has 0 atom stereocenters. The van der Waals surface area contributed by atoms with Gasteiger partial charge in [-0.25, -0.2) is 9.98 Å². The van der Waals surface area contributed by atoms with E-state index < -0.39 is 0 Å². The molecule has 156 valence electrons. The topological polar surface area (TPSA) is 66.3 Å². The number of amides is 1. The minimum absolute atomic E-state index is 0.131. The Morgan fingerprint density at radius 2 is 1.68 bits per heavy atom. The van der Waals surface area contributed by atoms with Gasteiger partial charge in [-0.2, -0.15) is 0 Å². The minimum atomic E-state index is -0.131. The van der Waals surface area contributed by atoms with Crippen LogP contribution in [0.3, 0.4) is 0 Å². The predicted molar refractivity (Wildman–Crippen MR) is 128 cm³/mol. The van der Waals surface area contributed by atoms with E-state index in [1.54, 1.807) is 7.11 Å². The molecule has 3 aromatic carbocycles. The number of ether oxygens (including phenoxy) is 1. The molecule has 0 aliphatic carbocycles. The molecule has 0 spiro atoms. The van der Waals surface area contributed by atoms with E-state index in [1.807, 2.05) is 89.8 Å². The van der Waals surface area contributed by atoms with Gasteiger partial charge in [0.1, 0.15) is 12.4 Å². The molecule has 0 fully saturated rings. The molecule has 1 amide bonds. The lowest BCUT2D eigenvalue weighted by atomic mass is 10.2. The normalized spacial score (nSPS) is 13.3. The Kier molecular flexibility index (Phi) is 6.64. The highest BCUT2D eigenvalue weighted by Gasteiger charge is 2.21. The second-order valence-corrected chi connectivity index (χ2v) is 7.63. The summed E-state index contributed by atoms with van der Waals surface area (Å²) in [5, 5.41) is 3.64. The Morgan fingerprint density at radius 1 is 1.00 bits per heavy atom. The summed E-state index contributed by atoms with van der Waals surface area (Å²) >= 11 is 1.38. The Balaban J connectivity index is 1.52. The first kappa shape index (κ1) is 20.7. The van der Waals surface area contributed by atoms with Crippen molar-refractivity contribution in [3.05, 3.63) is 90.5 Å². The number of hydrogen-bond donors (Lipinski definition) is 1. The van der Waals surface area contributed by atoms with Crippen molar-refractivity contribution < 1.29 is 9.53 Å². The van der Waals surface area contributed by atoms with Crippen LogP contribution >= 0.6 is 11.8 Å². The number of para-hydroxylation sites is 3. The molecule has 31 heavy (non-hydrogen) atoms. The number of nitrogens with one attached hydrogen (secondary N) is 1. The molecule has 0 aromatic heterocycles. The van der Waals surface area contributed by atoms with Crippen LogP contribution in [0.5, 0.6) is 5.75 Å². The van der Waals surface area contributed by atoms with Gasteiger partial charge in [-0.1, -0.05) is 72.4 Å². The van der Waals surface area contributed by atoms with Crippen LogP contribution in [0.25, 0.3) is 0 Å². The second-order valence-electron chi connectivity index (χ2n) is 6.68. The second kappa shape index (κ2) is 9.95. The lowest BCUT2D eigenvalue weighted by molar-refractivity contribution is -0.113. The van der Waals surface area contributed by atoms with Gasteiger partial charge in [0.25, 0.3) is 0 Å². The van der Waals surface area contributed by atoms with Crippen LogP contribution < -0.4 is 15.0 Å². The molecule has 6 nitrogen and oxygen atoms in total. The van der Waals surface area contributed by atoms with Crippen molar-refractivity contribution >= 4 is 40.0 Å². The fourth-order valence-electron chi connectivity index (χ4n) is 3.10. The Bertz CT molecular complexity index is 1100. The van der Waals surface area contributed by atoms with Gasteiger partial charge < -0.3 is 15.0 Å². The number of carbonyl (C=O) groups is 1. The lowest BCUT2D eigenvalue weighted by Gasteiger charge is -2.27. The van der Waals surface area contributed by atoms with Crippen molar-refractivity contribution in [3.63, 3.8) is 0 Å². The average molecular weight is 431 g/mol. The number of amidine groups is 2. The van der Waals surface area contributed by atoms with Crippen molar-refractivity contribution in [3.8, 4) is 5.75 Å². The van der Waals surface area contributed by atoms with Gasteiger partial charge in [0, 0.05) is 11.3 Å². The number of carbonyl (C=O) groups excluding carboxylic acids is 1. The Morgan fingerprint density at radius 3 is 2.42 bits per heavy atom. The third-order valence-electron chi connectivity index (χ3n) is 4.61. The monoisotopic (exact) mass is 430 g/mol. The quantitative estimate of drug-likeness (QED) is 0.618. The average Bonchev–Trinajstić information content (AvgIpc) is 2.84. The highest BCUT2D eigenvalue weighted by molar-refractivity contribution is 8.14. The van der Waals surface area contributed by atoms with Crippen molar-refractivity contribution in [2.24, 2.45) is 9.98 Å². The summed E-state index contributed by atoms with van der Waals surface area (Å²) in [7, 11) is 1.58. The summed E-state index contributed by atoms with van der Waals surface area (Å²) in [6.07, 6.45) is 0. The number of thioether (sulfide) groups is 1. The van der Waals surface area contributed by atoms with E-state index in [9.17, 15) is 4.79 Å². The Hall–Kier alpha value is -3.58. The number of anilines is 2. The molecular weight excluding hydrogens is 408 g/mol. The number of aliphatic imine (C=N–C) groups is 2. The molecule has 0 bridgehead atoms. The fourth-order valence-corrected chi connectivity index (χ4v) is 3.90. The zero-order valence-corrected chi connectivity index (χ0v) is 17.9. The highest BCUT2D eigenvalue weighted by Crippen LogP contribution is 2.25. The van der Waals surface area contributed by atoms with Crippen LogP contribution in [0.2, 0.25) is 0 Å². The van der Waals surface area contributed by atoms with E-state index in [0.29, 0.717) is 23.9 Å². The first-order valence-electron chi connectivity index (χ1n) is 9.81. The molecule has 0 radical (unpaired) electrons. The van der Waals surface area contributed by atoms with Crippen LogP contribution in [0.1, 0.15) is 5.56 Å². The summed E-state index contributed by atoms with van der Waals surface area (Å²) in [6, 6.07) is 27.1. The SMILES string of the molecule is COc1ccccc1NC(=O)CSC1=NC(c2ccccc2)=NCN1c1ccccc1. The number of methoxy groups -OCH3 is 1. The predicted octanol–water partition coefficient (Wildman–Crippen LogP) is 4.65. The van der Waals surface area contributed by atoms with Crippen LogP contribution in [0.15, 0.2) is 94.9 Å². The summed E-state index contributed by atoms with van der Waals surface area (Å²) in [5.74, 6) is 1.37. The molecule has 0 saturated carbocycles. The van der Waals surface area contributed by atoms with E-state index in [-0.39, 0.29) is 11.7 Å². The largest absolute Gasteiger partial charge is 0.495 e. The van der Waals surface area contributed by atoms with Crippen LogP contribution in [-0.4, -0.2) is 36.4 Å². The standard InChI is InChI=1S/C24H22N4O2S/c1-30-21-15-9-8-14-20(21)26-22(29)16-31-24-27-23(18-10-4-2-5-11-18)25-17-28(24)19-12-6-3-7-13-19/h2-15H,16-17H2,1H3,(H,26,29). The summed E-state index contributed by atoms with van der Waals surface area (Å²) in [5.41, 5.74) is 2.58.